The maximum absolute atomic E-state index is 12.7. The Kier molecular flexibility index (Phi) is 5.88. The van der Waals surface area contributed by atoms with Gasteiger partial charge < -0.3 is 15.0 Å². The molecule has 4 rings (SSSR count). The van der Waals surface area contributed by atoms with Crippen LogP contribution in [0.2, 0.25) is 0 Å². The molecule has 1 saturated carbocycles. The average molecular weight is 423 g/mol. The predicted octanol–water partition coefficient (Wildman–Crippen LogP) is 3.86. The second-order valence-corrected chi connectivity index (χ2v) is 8.10. The van der Waals surface area contributed by atoms with Crippen LogP contribution in [0.4, 0.5) is 11.4 Å². The first-order valence-electron chi connectivity index (χ1n) is 10.5. The monoisotopic (exact) mass is 423 g/mol. The number of nitrogens with one attached hydrogen (secondary N) is 1. The van der Waals surface area contributed by atoms with Crippen LogP contribution >= 0.6 is 0 Å². The van der Waals surface area contributed by atoms with Crippen molar-refractivity contribution in [2.45, 2.75) is 44.2 Å². The van der Waals surface area contributed by atoms with Gasteiger partial charge in [0.15, 0.2) is 6.61 Å². The van der Waals surface area contributed by atoms with E-state index in [0.29, 0.717) is 5.69 Å². The van der Waals surface area contributed by atoms with E-state index in [2.05, 4.69) is 11.4 Å². The molecule has 2 aromatic carbocycles. The Balaban J connectivity index is 1.40. The number of nitrogens with zero attached hydrogens (tertiary/aromatic N) is 2. The summed E-state index contributed by atoms with van der Waals surface area (Å²) in [5.41, 5.74) is 2.62. The summed E-state index contributed by atoms with van der Waals surface area (Å²) in [4.78, 5) is 37.6. The summed E-state index contributed by atoms with van der Waals surface area (Å²) in [5.74, 6) is -1.07. The van der Waals surface area contributed by atoms with Crippen molar-refractivity contribution in [3.05, 3.63) is 69.3 Å². The van der Waals surface area contributed by atoms with Gasteiger partial charge in [-0.1, -0.05) is 24.3 Å². The van der Waals surface area contributed by atoms with E-state index in [4.69, 9.17) is 4.74 Å². The molecule has 0 spiro atoms. The summed E-state index contributed by atoms with van der Waals surface area (Å²) in [7, 11) is 1.71. The summed E-state index contributed by atoms with van der Waals surface area (Å²) >= 11 is 0. The fourth-order valence-corrected chi connectivity index (χ4v) is 4.00. The van der Waals surface area contributed by atoms with Crippen molar-refractivity contribution in [3.63, 3.8) is 0 Å². The van der Waals surface area contributed by atoms with Gasteiger partial charge in [0.2, 0.25) is 0 Å². The maximum Gasteiger partial charge on any atom is 0.338 e. The van der Waals surface area contributed by atoms with Crippen LogP contribution in [0.5, 0.6) is 0 Å². The first-order chi connectivity index (χ1) is 14.9. The van der Waals surface area contributed by atoms with Gasteiger partial charge in [-0.25, -0.2) is 4.79 Å². The molecule has 1 atom stereocenters. The van der Waals surface area contributed by atoms with E-state index in [1.807, 2.05) is 18.2 Å². The molecule has 31 heavy (non-hydrogen) atoms. The first-order valence-corrected chi connectivity index (χ1v) is 10.5. The highest BCUT2D eigenvalue weighted by Gasteiger charge is 2.28. The van der Waals surface area contributed by atoms with Gasteiger partial charge in [0.1, 0.15) is 5.69 Å². The lowest BCUT2D eigenvalue weighted by molar-refractivity contribution is -0.384. The van der Waals surface area contributed by atoms with E-state index in [0.717, 1.165) is 37.7 Å². The lowest BCUT2D eigenvalue weighted by Crippen LogP contribution is -2.36. The van der Waals surface area contributed by atoms with E-state index in [-0.39, 0.29) is 29.2 Å². The number of rotatable bonds is 7. The first kappa shape index (κ1) is 20.8. The normalized spacial score (nSPS) is 17.4. The Morgan fingerprint density at radius 2 is 1.97 bits per heavy atom. The SMILES string of the molecule is CN(C(=O)COC(=O)c1ccc(NC2CC2)c([N+](=O)[O-])c1)[C@@H]1CCCc2ccccc21. The predicted molar refractivity (Wildman–Crippen MR) is 115 cm³/mol. The van der Waals surface area contributed by atoms with E-state index in [1.54, 1.807) is 11.9 Å². The number of nitro benzene ring substituents is 1. The minimum Gasteiger partial charge on any atom is -0.452 e. The van der Waals surface area contributed by atoms with Gasteiger partial charge in [0, 0.05) is 19.2 Å². The molecule has 0 bridgehead atoms. The standard InChI is InChI=1S/C23H25N3O5/c1-25(20-8-4-6-15-5-2-3-7-18(15)20)22(27)14-31-23(28)16-9-12-19(24-17-10-11-17)21(13-16)26(29)30/h2-3,5,7,9,12-13,17,20,24H,4,6,8,10-11,14H2,1H3/t20-/m1/s1. The second kappa shape index (κ2) is 8.75. The van der Waals surface area contributed by atoms with Crippen molar-refractivity contribution in [1.82, 2.24) is 4.90 Å². The number of carbonyl (C=O) groups excluding carboxylic acids is 2. The van der Waals surface area contributed by atoms with Crippen LogP contribution in [-0.2, 0) is 16.0 Å². The number of aryl methyl sites for hydroxylation is 1. The van der Waals surface area contributed by atoms with Crippen molar-refractivity contribution in [2.24, 2.45) is 0 Å². The summed E-state index contributed by atoms with van der Waals surface area (Å²) in [6.07, 6.45) is 4.79. The number of amides is 1. The number of likely N-dealkylation sites (N-methyl/N-ethyl adjacent to an activating group) is 1. The van der Waals surface area contributed by atoms with Crippen LogP contribution < -0.4 is 5.32 Å². The van der Waals surface area contributed by atoms with E-state index in [9.17, 15) is 19.7 Å². The molecule has 8 heteroatoms. The fourth-order valence-electron chi connectivity index (χ4n) is 4.00. The molecule has 1 fully saturated rings. The van der Waals surface area contributed by atoms with Crippen molar-refractivity contribution >= 4 is 23.3 Å². The fraction of sp³-hybridized carbons (Fsp3) is 0.391. The van der Waals surface area contributed by atoms with Crippen molar-refractivity contribution in [2.75, 3.05) is 19.0 Å². The summed E-state index contributed by atoms with van der Waals surface area (Å²) in [6.45, 7) is -0.413. The van der Waals surface area contributed by atoms with Crippen molar-refractivity contribution in [1.29, 1.82) is 0 Å². The van der Waals surface area contributed by atoms with Crippen molar-refractivity contribution < 1.29 is 19.2 Å². The summed E-state index contributed by atoms with van der Waals surface area (Å²) in [5, 5.41) is 14.5. The lowest BCUT2D eigenvalue weighted by atomic mass is 9.87. The molecule has 0 unspecified atom stereocenters. The number of fused-ring (bicyclic) bond motifs is 1. The van der Waals surface area contributed by atoms with Crippen molar-refractivity contribution in [3.8, 4) is 0 Å². The third-order valence-electron chi connectivity index (χ3n) is 5.89. The Labute approximate surface area is 180 Å². The van der Waals surface area contributed by atoms with Crippen LogP contribution in [0.1, 0.15) is 53.2 Å². The Hall–Kier alpha value is -3.42. The van der Waals surface area contributed by atoms with E-state index < -0.39 is 17.5 Å². The van der Waals surface area contributed by atoms with Gasteiger partial charge in [-0.2, -0.15) is 0 Å². The molecule has 0 aromatic heterocycles. The Morgan fingerprint density at radius 1 is 1.19 bits per heavy atom. The number of anilines is 1. The minimum absolute atomic E-state index is 0.0477. The molecule has 8 nitrogen and oxygen atoms in total. The second-order valence-electron chi connectivity index (χ2n) is 8.10. The van der Waals surface area contributed by atoms with Crippen LogP contribution in [0.15, 0.2) is 42.5 Å². The number of hydrogen-bond donors (Lipinski definition) is 1. The Bertz CT molecular complexity index is 1020. The van der Waals surface area contributed by atoms with E-state index in [1.165, 1.54) is 23.8 Å². The molecule has 0 saturated heterocycles. The number of nitro groups is 1. The smallest absolute Gasteiger partial charge is 0.338 e. The molecule has 162 valence electrons. The molecule has 0 heterocycles. The largest absolute Gasteiger partial charge is 0.452 e. The molecule has 1 amide bonds. The third kappa shape index (κ3) is 4.68. The minimum atomic E-state index is -0.758. The number of benzene rings is 2. The highest BCUT2D eigenvalue weighted by atomic mass is 16.6. The zero-order chi connectivity index (χ0) is 22.0. The quantitative estimate of drug-likeness (QED) is 0.412. The molecule has 0 radical (unpaired) electrons. The molecule has 2 aromatic rings. The Morgan fingerprint density at radius 3 is 2.71 bits per heavy atom. The lowest BCUT2D eigenvalue weighted by Gasteiger charge is -2.33. The highest BCUT2D eigenvalue weighted by molar-refractivity contribution is 5.93. The molecular formula is C23H25N3O5. The number of carbonyl (C=O) groups is 2. The zero-order valence-corrected chi connectivity index (χ0v) is 17.4. The topological polar surface area (TPSA) is 102 Å². The number of esters is 1. The molecule has 2 aliphatic carbocycles. The van der Waals surface area contributed by atoms with Gasteiger partial charge >= 0.3 is 5.97 Å². The van der Waals surface area contributed by atoms with Gasteiger partial charge in [0.05, 0.1) is 16.5 Å². The zero-order valence-electron chi connectivity index (χ0n) is 17.4. The summed E-state index contributed by atoms with van der Waals surface area (Å²) < 4.78 is 5.18. The average Bonchev–Trinajstić information content (AvgIpc) is 3.60. The van der Waals surface area contributed by atoms with Crippen LogP contribution in [0.3, 0.4) is 0 Å². The van der Waals surface area contributed by atoms with Crippen LogP contribution in [0, 0.1) is 10.1 Å². The van der Waals surface area contributed by atoms with E-state index >= 15 is 0 Å². The van der Waals surface area contributed by atoms with Crippen LogP contribution in [0.25, 0.3) is 0 Å². The number of hydrogen-bond acceptors (Lipinski definition) is 6. The number of ether oxygens (including phenoxy) is 1. The van der Waals surface area contributed by atoms with Gasteiger partial charge in [0.25, 0.3) is 11.6 Å². The molecule has 1 N–H and O–H groups in total. The van der Waals surface area contributed by atoms with Gasteiger partial charge in [-0.15, -0.1) is 0 Å². The maximum atomic E-state index is 12.7. The third-order valence-corrected chi connectivity index (χ3v) is 5.89. The van der Waals surface area contributed by atoms with Crippen LogP contribution in [-0.4, -0.2) is 41.4 Å². The van der Waals surface area contributed by atoms with Gasteiger partial charge in [-0.05, 0) is 55.4 Å². The molecular weight excluding hydrogens is 398 g/mol. The van der Waals surface area contributed by atoms with Gasteiger partial charge in [-0.3, -0.25) is 14.9 Å². The molecule has 2 aliphatic rings. The summed E-state index contributed by atoms with van der Waals surface area (Å²) in [6, 6.07) is 12.4. The molecule has 0 aliphatic heterocycles. The highest BCUT2D eigenvalue weighted by Crippen LogP contribution is 2.34.